The van der Waals surface area contributed by atoms with Gasteiger partial charge in [-0.05, 0) is 29.7 Å². The number of nitrogens with one attached hydrogen (secondary N) is 1. The van der Waals surface area contributed by atoms with E-state index in [-0.39, 0.29) is 12.6 Å². The van der Waals surface area contributed by atoms with E-state index >= 15 is 0 Å². The van der Waals surface area contributed by atoms with Gasteiger partial charge in [0.15, 0.2) is 11.5 Å². The molecule has 2 aromatic rings. The fourth-order valence-corrected chi connectivity index (χ4v) is 2.63. The molecule has 1 unspecified atom stereocenters. The lowest BCUT2D eigenvalue weighted by Gasteiger charge is -2.17. The minimum absolute atomic E-state index is 0.0729. The van der Waals surface area contributed by atoms with Crippen LogP contribution in [0.25, 0.3) is 0 Å². The van der Waals surface area contributed by atoms with E-state index in [9.17, 15) is 5.11 Å². The molecule has 0 aliphatic carbocycles. The summed E-state index contributed by atoms with van der Waals surface area (Å²) >= 11 is 6.38. The number of methoxy groups -OCH3 is 1. The highest BCUT2D eigenvalue weighted by atomic mass is 35.5. The van der Waals surface area contributed by atoms with Gasteiger partial charge in [-0.25, -0.2) is 0 Å². The average Bonchev–Trinajstić information content (AvgIpc) is 2.62. The van der Waals surface area contributed by atoms with Crippen LogP contribution in [0.2, 0.25) is 5.02 Å². The highest BCUT2D eigenvalue weighted by Crippen LogP contribution is 2.37. The van der Waals surface area contributed by atoms with Crippen LogP contribution in [0.5, 0.6) is 11.5 Å². The minimum Gasteiger partial charge on any atom is -0.493 e. The third-order valence-electron chi connectivity index (χ3n) is 3.82. The topological polar surface area (TPSA) is 50.7 Å². The lowest BCUT2D eigenvalue weighted by molar-refractivity contribution is 0.238. The van der Waals surface area contributed by atoms with Gasteiger partial charge in [-0.3, -0.25) is 0 Å². The SMILES string of the molecule is CCC(CO)NCc1cc(Cl)c(OCc2ccccc2)c(OC)c1. The summed E-state index contributed by atoms with van der Waals surface area (Å²) in [5.41, 5.74) is 2.05. The molecule has 0 radical (unpaired) electrons. The van der Waals surface area contributed by atoms with Crippen LogP contribution >= 0.6 is 11.6 Å². The Kier molecular flexibility index (Phi) is 7.37. The van der Waals surface area contributed by atoms with Crippen molar-refractivity contribution in [2.75, 3.05) is 13.7 Å². The van der Waals surface area contributed by atoms with Crippen molar-refractivity contribution in [1.29, 1.82) is 0 Å². The molecule has 0 fully saturated rings. The summed E-state index contributed by atoms with van der Waals surface area (Å²) in [5.74, 6) is 1.15. The smallest absolute Gasteiger partial charge is 0.180 e. The maximum Gasteiger partial charge on any atom is 0.180 e. The third kappa shape index (κ3) is 5.13. The molecule has 0 heterocycles. The maximum atomic E-state index is 9.25. The normalized spacial score (nSPS) is 12.0. The molecule has 24 heavy (non-hydrogen) atoms. The molecule has 0 bridgehead atoms. The van der Waals surface area contributed by atoms with E-state index < -0.39 is 0 Å². The van der Waals surface area contributed by atoms with Crippen molar-refractivity contribution >= 4 is 11.6 Å². The van der Waals surface area contributed by atoms with E-state index in [4.69, 9.17) is 21.1 Å². The Bertz CT molecular complexity index is 630. The van der Waals surface area contributed by atoms with Crippen LogP contribution in [-0.4, -0.2) is 24.9 Å². The molecule has 1 atom stereocenters. The van der Waals surface area contributed by atoms with Gasteiger partial charge in [0.1, 0.15) is 6.61 Å². The number of rotatable bonds is 9. The number of benzene rings is 2. The summed E-state index contributed by atoms with van der Waals surface area (Å²) in [4.78, 5) is 0. The molecule has 0 saturated carbocycles. The largest absolute Gasteiger partial charge is 0.493 e. The van der Waals surface area contributed by atoms with Crippen molar-refractivity contribution in [1.82, 2.24) is 5.32 Å². The molecule has 0 aromatic heterocycles. The van der Waals surface area contributed by atoms with Crippen molar-refractivity contribution in [3.63, 3.8) is 0 Å². The van der Waals surface area contributed by atoms with Gasteiger partial charge >= 0.3 is 0 Å². The molecule has 2 rings (SSSR count). The van der Waals surface area contributed by atoms with Crippen LogP contribution in [-0.2, 0) is 13.2 Å². The Morgan fingerprint density at radius 2 is 1.92 bits per heavy atom. The van der Waals surface area contributed by atoms with Crippen molar-refractivity contribution in [2.24, 2.45) is 0 Å². The Balaban J connectivity index is 2.09. The summed E-state index contributed by atoms with van der Waals surface area (Å²) in [6.07, 6.45) is 0.861. The van der Waals surface area contributed by atoms with E-state index in [0.29, 0.717) is 29.7 Å². The molecule has 4 nitrogen and oxygen atoms in total. The monoisotopic (exact) mass is 349 g/mol. The zero-order valence-electron chi connectivity index (χ0n) is 14.1. The minimum atomic E-state index is 0.0729. The Morgan fingerprint density at radius 3 is 2.54 bits per heavy atom. The lowest BCUT2D eigenvalue weighted by atomic mass is 10.1. The number of halogens is 1. The Hall–Kier alpha value is -1.75. The second-order valence-corrected chi connectivity index (χ2v) is 5.96. The van der Waals surface area contributed by atoms with Crippen molar-refractivity contribution in [3.8, 4) is 11.5 Å². The van der Waals surface area contributed by atoms with E-state index in [0.717, 1.165) is 17.5 Å². The first kappa shape index (κ1) is 18.6. The molecular formula is C19H24ClNO3. The number of aliphatic hydroxyl groups excluding tert-OH is 1. The van der Waals surface area contributed by atoms with Gasteiger partial charge in [-0.15, -0.1) is 0 Å². The van der Waals surface area contributed by atoms with Crippen LogP contribution < -0.4 is 14.8 Å². The lowest BCUT2D eigenvalue weighted by Crippen LogP contribution is -2.31. The molecule has 130 valence electrons. The second kappa shape index (κ2) is 9.52. The number of ether oxygens (including phenoxy) is 2. The van der Waals surface area contributed by atoms with Crippen LogP contribution in [0.15, 0.2) is 42.5 Å². The fourth-order valence-electron chi connectivity index (χ4n) is 2.35. The van der Waals surface area contributed by atoms with Crippen molar-refractivity contribution in [2.45, 2.75) is 32.5 Å². The van der Waals surface area contributed by atoms with Crippen LogP contribution in [0, 0.1) is 0 Å². The molecule has 2 N–H and O–H groups in total. The van der Waals surface area contributed by atoms with E-state index in [1.54, 1.807) is 7.11 Å². The first-order valence-electron chi connectivity index (χ1n) is 8.05. The van der Waals surface area contributed by atoms with Crippen LogP contribution in [0.3, 0.4) is 0 Å². The number of aliphatic hydroxyl groups is 1. The van der Waals surface area contributed by atoms with Gasteiger partial charge in [0.05, 0.1) is 18.7 Å². The highest BCUT2D eigenvalue weighted by Gasteiger charge is 2.13. The number of hydrogen-bond donors (Lipinski definition) is 2. The molecule has 0 amide bonds. The van der Waals surface area contributed by atoms with Crippen molar-refractivity contribution in [3.05, 3.63) is 58.6 Å². The molecule has 0 spiro atoms. The summed E-state index contributed by atoms with van der Waals surface area (Å²) < 4.78 is 11.3. The average molecular weight is 350 g/mol. The Morgan fingerprint density at radius 1 is 1.17 bits per heavy atom. The molecule has 2 aromatic carbocycles. The predicted octanol–water partition coefficient (Wildman–Crippen LogP) is 3.79. The standard InChI is InChI=1S/C19H24ClNO3/c1-3-16(12-22)21-11-15-9-17(20)19(18(10-15)23-2)24-13-14-7-5-4-6-8-14/h4-10,16,21-22H,3,11-13H2,1-2H3. The second-order valence-electron chi connectivity index (χ2n) is 5.55. The van der Waals surface area contributed by atoms with Gasteiger partial charge < -0.3 is 19.9 Å². The zero-order chi connectivity index (χ0) is 17.4. The van der Waals surface area contributed by atoms with Gasteiger partial charge in [0.2, 0.25) is 0 Å². The highest BCUT2D eigenvalue weighted by molar-refractivity contribution is 6.32. The maximum absolute atomic E-state index is 9.25. The first-order valence-corrected chi connectivity index (χ1v) is 8.43. The van der Waals surface area contributed by atoms with Gasteiger partial charge in [-0.2, -0.15) is 0 Å². The van der Waals surface area contributed by atoms with Crippen LogP contribution in [0.1, 0.15) is 24.5 Å². The summed E-state index contributed by atoms with van der Waals surface area (Å²) in [7, 11) is 1.60. The molecule has 0 aliphatic heterocycles. The van der Waals surface area contributed by atoms with Gasteiger partial charge in [0.25, 0.3) is 0 Å². The Labute approximate surface area is 148 Å². The van der Waals surface area contributed by atoms with E-state index in [1.165, 1.54) is 0 Å². The first-order chi connectivity index (χ1) is 11.7. The quantitative estimate of drug-likeness (QED) is 0.723. The van der Waals surface area contributed by atoms with E-state index in [2.05, 4.69) is 5.32 Å². The summed E-state index contributed by atoms with van der Waals surface area (Å²) in [5, 5.41) is 13.0. The molecular weight excluding hydrogens is 326 g/mol. The molecule has 0 aliphatic rings. The summed E-state index contributed by atoms with van der Waals surface area (Å²) in [6.45, 7) is 3.17. The number of hydrogen-bond acceptors (Lipinski definition) is 4. The van der Waals surface area contributed by atoms with Crippen LogP contribution in [0.4, 0.5) is 0 Å². The predicted molar refractivity (Wildman–Crippen MR) is 96.8 cm³/mol. The molecule has 5 heteroatoms. The zero-order valence-corrected chi connectivity index (χ0v) is 14.8. The van der Waals surface area contributed by atoms with Crippen molar-refractivity contribution < 1.29 is 14.6 Å². The van der Waals surface area contributed by atoms with Gasteiger partial charge in [-0.1, -0.05) is 48.9 Å². The fraction of sp³-hybridized carbons (Fsp3) is 0.368. The van der Waals surface area contributed by atoms with E-state index in [1.807, 2.05) is 49.4 Å². The molecule has 0 saturated heterocycles. The van der Waals surface area contributed by atoms with Gasteiger partial charge in [0, 0.05) is 12.6 Å². The third-order valence-corrected chi connectivity index (χ3v) is 4.10. The summed E-state index contributed by atoms with van der Waals surface area (Å²) in [6, 6.07) is 13.7.